The first-order chi connectivity index (χ1) is 17.8. The number of Topliss-reactive ketones (excluding diaryl/α,β-unsaturated/α-hetero) is 1. The number of ether oxygens (including phenoxy) is 2. The Morgan fingerprint density at radius 2 is 1.81 bits per heavy atom. The third-order valence-electron chi connectivity index (χ3n) is 6.83. The minimum absolute atomic E-state index is 0.0105. The van der Waals surface area contributed by atoms with Gasteiger partial charge in [0.2, 0.25) is 5.91 Å². The Bertz CT molecular complexity index is 1300. The van der Waals surface area contributed by atoms with Crippen LogP contribution in [0.3, 0.4) is 0 Å². The lowest BCUT2D eigenvalue weighted by Crippen LogP contribution is -2.41. The zero-order valence-corrected chi connectivity index (χ0v) is 21.7. The predicted octanol–water partition coefficient (Wildman–Crippen LogP) is 6.26. The highest BCUT2D eigenvalue weighted by atomic mass is 35.5. The van der Waals surface area contributed by atoms with Gasteiger partial charge in [0.15, 0.2) is 17.3 Å². The fraction of sp³-hybridized carbons (Fsp3) is 0.333. The second kappa shape index (κ2) is 10.6. The highest BCUT2D eigenvalue weighted by molar-refractivity contribution is 6.30. The molecule has 0 bridgehead atoms. The summed E-state index contributed by atoms with van der Waals surface area (Å²) in [4.78, 5) is 28.2. The minimum atomic E-state index is -0.466. The number of phenols is 1. The smallest absolute Gasteiger partial charge is 0.232 e. The molecular formula is C30H30ClNO5. The zero-order valence-electron chi connectivity index (χ0n) is 20.9. The summed E-state index contributed by atoms with van der Waals surface area (Å²) in [6.45, 7) is 4.40. The molecule has 0 aromatic heterocycles. The Hall–Kier alpha value is -3.35. The van der Waals surface area contributed by atoms with Crippen LogP contribution < -0.4 is 9.64 Å². The molecule has 1 N–H and O–H groups in total. The molecule has 1 saturated heterocycles. The van der Waals surface area contributed by atoms with E-state index in [1.54, 1.807) is 35.2 Å². The average molecular weight is 520 g/mol. The van der Waals surface area contributed by atoms with Gasteiger partial charge in [-0.15, -0.1) is 0 Å². The molecule has 0 radical (unpaired) electrons. The van der Waals surface area contributed by atoms with E-state index in [0.29, 0.717) is 28.6 Å². The molecule has 7 heteroatoms. The highest BCUT2D eigenvalue weighted by Crippen LogP contribution is 2.43. The number of carbonyl (C=O) groups is 2. The van der Waals surface area contributed by atoms with Crippen LogP contribution in [0.15, 0.2) is 60.7 Å². The highest BCUT2D eigenvalue weighted by Gasteiger charge is 2.36. The largest absolute Gasteiger partial charge is 0.504 e. The molecule has 0 aliphatic carbocycles. The summed E-state index contributed by atoms with van der Waals surface area (Å²) in [5, 5.41) is 11.2. The van der Waals surface area contributed by atoms with Crippen LogP contribution in [-0.2, 0) is 16.0 Å². The van der Waals surface area contributed by atoms with Gasteiger partial charge in [-0.3, -0.25) is 9.59 Å². The number of carbonyl (C=O) groups excluding carboxylic acids is 2. The SMILES string of the molecule is CC(C)Oc1cc2c(cc1O)CC(=O)N(c1ccc(C(=O)C3CCCCO3)cc1)C2c1ccc(Cl)cc1. The Morgan fingerprint density at radius 1 is 1.08 bits per heavy atom. The Balaban J connectivity index is 1.55. The first kappa shape index (κ1) is 25.3. The van der Waals surface area contributed by atoms with Crippen LogP contribution in [0, 0.1) is 0 Å². The first-order valence-corrected chi connectivity index (χ1v) is 13.1. The van der Waals surface area contributed by atoms with Crippen molar-refractivity contribution in [2.24, 2.45) is 0 Å². The van der Waals surface area contributed by atoms with Gasteiger partial charge in [-0.25, -0.2) is 0 Å². The van der Waals surface area contributed by atoms with E-state index in [1.165, 1.54) is 0 Å². The monoisotopic (exact) mass is 519 g/mol. The maximum Gasteiger partial charge on any atom is 0.232 e. The molecule has 3 aromatic rings. The normalized spacial score (nSPS) is 19.6. The Kier molecular flexibility index (Phi) is 7.22. The van der Waals surface area contributed by atoms with E-state index < -0.39 is 12.1 Å². The van der Waals surface area contributed by atoms with E-state index in [-0.39, 0.29) is 30.0 Å². The van der Waals surface area contributed by atoms with Crippen LogP contribution >= 0.6 is 11.6 Å². The maximum absolute atomic E-state index is 13.5. The number of hydrogen-bond donors (Lipinski definition) is 1. The van der Waals surface area contributed by atoms with E-state index in [0.717, 1.165) is 36.0 Å². The van der Waals surface area contributed by atoms with E-state index in [2.05, 4.69) is 0 Å². The number of fused-ring (bicyclic) bond motifs is 1. The number of halogens is 1. The molecule has 0 spiro atoms. The molecule has 2 atom stereocenters. The summed E-state index contributed by atoms with van der Waals surface area (Å²) in [6, 6.07) is 17.5. The minimum Gasteiger partial charge on any atom is -0.504 e. The molecule has 2 aliphatic heterocycles. The number of rotatable bonds is 6. The number of amides is 1. The van der Waals surface area contributed by atoms with Gasteiger partial charge >= 0.3 is 0 Å². The first-order valence-electron chi connectivity index (χ1n) is 12.7. The topological polar surface area (TPSA) is 76.1 Å². The molecule has 37 heavy (non-hydrogen) atoms. The van der Waals surface area contributed by atoms with Crippen LogP contribution in [0.5, 0.6) is 11.5 Å². The third-order valence-corrected chi connectivity index (χ3v) is 7.09. The molecule has 5 rings (SSSR count). The molecule has 192 valence electrons. The van der Waals surface area contributed by atoms with Gasteiger partial charge in [0, 0.05) is 22.9 Å². The number of aromatic hydroxyl groups is 1. The molecule has 2 unspecified atom stereocenters. The van der Waals surface area contributed by atoms with Crippen molar-refractivity contribution >= 4 is 29.0 Å². The fourth-order valence-corrected chi connectivity index (χ4v) is 5.23. The lowest BCUT2D eigenvalue weighted by molar-refractivity contribution is -0.118. The van der Waals surface area contributed by atoms with Gasteiger partial charge < -0.3 is 19.5 Å². The van der Waals surface area contributed by atoms with Gasteiger partial charge in [0.1, 0.15) is 6.10 Å². The standard InChI is InChI=1S/C30H30ClNO5/c1-18(2)37-27-17-24-21(15-25(27)33)16-28(34)32(29(24)19-6-10-22(31)11-7-19)23-12-8-20(9-13-23)30(35)26-5-3-4-14-36-26/h6-13,15,17-18,26,29,33H,3-5,14,16H2,1-2H3. The predicted molar refractivity (Wildman–Crippen MR) is 143 cm³/mol. The number of benzene rings is 3. The fourth-order valence-electron chi connectivity index (χ4n) is 5.10. The molecule has 0 saturated carbocycles. The van der Waals surface area contributed by atoms with Gasteiger partial charge in [0.25, 0.3) is 0 Å². The second-order valence-electron chi connectivity index (χ2n) is 9.85. The Morgan fingerprint density at radius 3 is 2.46 bits per heavy atom. The number of hydrogen-bond acceptors (Lipinski definition) is 5. The van der Waals surface area contributed by atoms with Crippen molar-refractivity contribution in [1.29, 1.82) is 0 Å². The van der Waals surface area contributed by atoms with Crippen molar-refractivity contribution in [3.63, 3.8) is 0 Å². The lowest BCUT2D eigenvalue weighted by Gasteiger charge is -2.38. The zero-order chi connectivity index (χ0) is 26.1. The number of nitrogens with zero attached hydrogens (tertiary/aromatic N) is 1. The summed E-state index contributed by atoms with van der Waals surface area (Å²) in [5.74, 6) is 0.243. The summed E-state index contributed by atoms with van der Waals surface area (Å²) < 4.78 is 11.5. The quantitative estimate of drug-likeness (QED) is 0.389. The Labute approximate surface area is 221 Å². The van der Waals surface area contributed by atoms with E-state index in [1.807, 2.05) is 44.2 Å². The lowest BCUT2D eigenvalue weighted by atomic mass is 9.86. The number of ketones is 1. The van der Waals surface area contributed by atoms with Gasteiger partial charge in [0.05, 0.1) is 18.6 Å². The van der Waals surface area contributed by atoms with Crippen LogP contribution in [0.1, 0.15) is 66.2 Å². The van der Waals surface area contributed by atoms with Crippen LogP contribution in [0.4, 0.5) is 5.69 Å². The molecule has 1 amide bonds. The molecular weight excluding hydrogens is 490 g/mol. The van der Waals surface area contributed by atoms with Crippen molar-refractivity contribution in [1.82, 2.24) is 0 Å². The third kappa shape index (κ3) is 5.22. The molecule has 2 aliphatic rings. The van der Waals surface area contributed by atoms with Crippen LogP contribution in [0.25, 0.3) is 0 Å². The van der Waals surface area contributed by atoms with Gasteiger partial charge in [-0.2, -0.15) is 0 Å². The molecule has 2 heterocycles. The summed E-state index contributed by atoms with van der Waals surface area (Å²) >= 11 is 6.17. The summed E-state index contributed by atoms with van der Waals surface area (Å²) in [5.41, 5.74) is 3.73. The van der Waals surface area contributed by atoms with Crippen LogP contribution in [-0.4, -0.2) is 35.6 Å². The molecule has 1 fully saturated rings. The van der Waals surface area contributed by atoms with Gasteiger partial charge in [-0.05, 0) is 98.3 Å². The van der Waals surface area contributed by atoms with E-state index in [9.17, 15) is 14.7 Å². The van der Waals surface area contributed by atoms with Crippen molar-refractivity contribution in [2.75, 3.05) is 11.5 Å². The number of phenolic OH excluding ortho intramolecular Hbond substituents is 1. The van der Waals surface area contributed by atoms with E-state index in [4.69, 9.17) is 21.1 Å². The maximum atomic E-state index is 13.5. The van der Waals surface area contributed by atoms with E-state index >= 15 is 0 Å². The molecule has 3 aromatic carbocycles. The van der Waals surface area contributed by atoms with Crippen molar-refractivity contribution in [2.45, 2.75) is 57.8 Å². The van der Waals surface area contributed by atoms with Gasteiger partial charge in [-0.1, -0.05) is 23.7 Å². The van der Waals surface area contributed by atoms with Crippen LogP contribution in [0.2, 0.25) is 5.02 Å². The average Bonchev–Trinajstić information content (AvgIpc) is 2.89. The van der Waals surface area contributed by atoms with Crippen molar-refractivity contribution < 1.29 is 24.2 Å². The summed E-state index contributed by atoms with van der Waals surface area (Å²) in [6.07, 6.45) is 2.29. The van der Waals surface area contributed by atoms with Crippen molar-refractivity contribution in [3.05, 3.63) is 87.9 Å². The summed E-state index contributed by atoms with van der Waals surface area (Å²) in [7, 11) is 0. The molecule has 6 nitrogen and oxygen atoms in total. The second-order valence-corrected chi connectivity index (χ2v) is 10.3. The number of anilines is 1. The van der Waals surface area contributed by atoms with Crippen molar-refractivity contribution in [3.8, 4) is 11.5 Å².